The highest BCUT2D eigenvalue weighted by molar-refractivity contribution is 6.30. The van der Waals surface area contributed by atoms with E-state index < -0.39 is 0 Å². The van der Waals surface area contributed by atoms with Gasteiger partial charge in [-0.2, -0.15) is 0 Å². The highest BCUT2D eigenvalue weighted by Gasteiger charge is 2.03. The van der Waals surface area contributed by atoms with Gasteiger partial charge in [0.1, 0.15) is 0 Å². The van der Waals surface area contributed by atoms with Gasteiger partial charge >= 0.3 is 0 Å². The van der Waals surface area contributed by atoms with Crippen molar-refractivity contribution in [2.24, 2.45) is 5.73 Å². The maximum absolute atomic E-state index is 5.93. The fraction of sp³-hybridized carbons (Fsp3) is 0.250. The summed E-state index contributed by atoms with van der Waals surface area (Å²) in [4.78, 5) is 4.30. The van der Waals surface area contributed by atoms with E-state index in [1.165, 1.54) is 0 Å². The molecule has 0 radical (unpaired) electrons. The Morgan fingerprint density at radius 1 is 1.50 bits per heavy atom. The Morgan fingerprint density at radius 3 is 3.00 bits per heavy atom. The summed E-state index contributed by atoms with van der Waals surface area (Å²) in [5, 5.41) is 0.722. The quantitative estimate of drug-likeness (QED) is 0.888. The van der Waals surface area contributed by atoms with E-state index in [2.05, 4.69) is 4.98 Å². The zero-order valence-corrected chi connectivity index (χ0v) is 9.85. The Morgan fingerprint density at radius 2 is 2.31 bits per heavy atom. The van der Waals surface area contributed by atoms with E-state index in [-0.39, 0.29) is 6.04 Å². The third-order valence-electron chi connectivity index (χ3n) is 2.27. The lowest BCUT2D eigenvalue weighted by Crippen LogP contribution is -2.17. The third kappa shape index (κ3) is 2.62. The molecular formula is C12H14ClN3. The predicted octanol–water partition coefficient (Wildman–Crippen LogP) is 2.42. The second-order valence-corrected chi connectivity index (χ2v) is 4.37. The van der Waals surface area contributed by atoms with Gasteiger partial charge in [-0.15, -0.1) is 0 Å². The molecule has 1 heterocycles. The van der Waals surface area contributed by atoms with Crippen molar-refractivity contribution in [1.82, 2.24) is 9.55 Å². The molecule has 16 heavy (non-hydrogen) atoms. The van der Waals surface area contributed by atoms with Gasteiger partial charge in [-0.05, 0) is 25.1 Å². The largest absolute Gasteiger partial charge is 0.328 e. The first-order valence-corrected chi connectivity index (χ1v) is 5.57. The Hall–Kier alpha value is -1.32. The molecule has 0 spiro atoms. The van der Waals surface area contributed by atoms with Crippen LogP contribution in [-0.4, -0.2) is 15.6 Å². The van der Waals surface area contributed by atoms with Crippen molar-refractivity contribution in [2.75, 3.05) is 0 Å². The van der Waals surface area contributed by atoms with Crippen LogP contribution in [0.5, 0.6) is 0 Å². The standard InChI is InChI=1S/C12H14ClN3/c1-9(14)5-11-7-16(8-15-11)12-4-2-3-10(13)6-12/h2-4,6-9H,5,14H2,1H3. The number of aromatic nitrogens is 2. The predicted molar refractivity (Wildman–Crippen MR) is 65.9 cm³/mol. The van der Waals surface area contributed by atoms with Gasteiger partial charge in [-0.1, -0.05) is 17.7 Å². The summed E-state index contributed by atoms with van der Waals surface area (Å²) in [6.07, 6.45) is 4.55. The van der Waals surface area contributed by atoms with Crippen molar-refractivity contribution in [1.29, 1.82) is 0 Å². The lowest BCUT2D eigenvalue weighted by Gasteiger charge is -2.02. The molecule has 0 fully saturated rings. The first-order valence-electron chi connectivity index (χ1n) is 5.19. The minimum Gasteiger partial charge on any atom is -0.328 e. The van der Waals surface area contributed by atoms with E-state index in [4.69, 9.17) is 17.3 Å². The molecule has 2 aromatic rings. The summed E-state index contributed by atoms with van der Waals surface area (Å²) in [7, 11) is 0. The van der Waals surface area contributed by atoms with Crippen LogP contribution >= 0.6 is 11.6 Å². The van der Waals surface area contributed by atoms with Crippen molar-refractivity contribution >= 4 is 11.6 Å². The van der Waals surface area contributed by atoms with Gasteiger partial charge in [0.05, 0.1) is 12.0 Å². The average Bonchev–Trinajstić information content (AvgIpc) is 2.65. The fourth-order valence-electron chi connectivity index (χ4n) is 1.58. The number of nitrogens with two attached hydrogens (primary N) is 1. The van der Waals surface area contributed by atoms with Crippen LogP contribution in [0.1, 0.15) is 12.6 Å². The van der Waals surface area contributed by atoms with Gasteiger partial charge in [0.15, 0.2) is 0 Å². The highest BCUT2D eigenvalue weighted by Crippen LogP contribution is 2.15. The topological polar surface area (TPSA) is 43.8 Å². The molecule has 84 valence electrons. The summed E-state index contributed by atoms with van der Waals surface area (Å²) in [6, 6.07) is 7.79. The highest BCUT2D eigenvalue weighted by atomic mass is 35.5. The van der Waals surface area contributed by atoms with Gasteiger partial charge in [-0.3, -0.25) is 0 Å². The molecule has 2 N–H and O–H groups in total. The van der Waals surface area contributed by atoms with E-state index in [0.717, 1.165) is 22.8 Å². The Bertz CT molecular complexity index is 477. The van der Waals surface area contributed by atoms with E-state index in [0.29, 0.717) is 0 Å². The van der Waals surface area contributed by atoms with Crippen molar-refractivity contribution in [3.63, 3.8) is 0 Å². The van der Waals surface area contributed by atoms with Crippen LogP contribution in [0.25, 0.3) is 5.69 Å². The molecule has 3 nitrogen and oxygen atoms in total. The maximum Gasteiger partial charge on any atom is 0.0995 e. The van der Waals surface area contributed by atoms with E-state index in [1.807, 2.05) is 42.0 Å². The monoisotopic (exact) mass is 235 g/mol. The van der Waals surface area contributed by atoms with Gasteiger partial charge in [0, 0.05) is 29.4 Å². The molecule has 4 heteroatoms. The zero-order chi connectivity index (χ0) is 11.5. The molecule has 0 aliphatic rings. The second-order valence-electron chi connectivity index (χ2n) is 3.93. The summed E-state index contributed by atoms with van der Waals surface area (Å²) in [5.74, 6) is 0. The summed E-state index contributed by atoms with van der Waals surface area (Å²) in [6.45, 7) is 1.97. The Kier molecular flexibility index (Phi) is 3.27. The molecule has 0 aliphatic carbocycles. The molecule has 0 bridgehead atoms. The summed E-state index contributed by atoms with van der Waals surface area (Å²) < 4.78 is 1.95. The Labute approximate surface area is 99.9 Å². The first-order chi connectivity index (χ1) is 7.65. The number of nitrogens with zero attached hydrogens (tertiary/aromatic N) is 2. The molecule has 1 atom stereocenters. The lowest BCUT2D eigenvalue weighted by molar-refractivity contribution is 0.725. The average molecular weight is 236 g/mol. The number of benzene rings is 1. The smallest absolute Gasteiger partial charge is 0.0995 e. The molecule has 0 amide bonds. The van der Waals surface area contributed by atoms with Gasteiger partial charge in [-0.25, -0.2) is 4.98 Å². The van der Waals surface area contributed by atoms with Crippen LogP contribution in [0.4, 0.5) is 0 Å². The van der Waals surface area contributed by atoms with Gasteiger partial charge < -0.3 is 10.3 Å². The molecular weight excluding hydrogens is 222 g/mol. The lowest BCUT2D eigenvalue weighted by atomic mass is 10.2. The number of hydrogen-bond donors (Lipinski definition) is 1. The molecule has 2 rings (SSSR count). The van der Waals surface area contributed by atoms with Crippen LogP contribution in [0, 0.1) is 0 Å². The SMILES string of the molecule is CC(N)Cc1cn(-c2cccc(Cl)c2)cn1. The van der Waals surface area contributed by atoms with Crippen LogP contribution in [0.15, 0.2) is 36.8 Å². The zero-order valence-electron chi connectivity index (χ0n) is 9.10. The summed E-state index contributed by atoms with van der Waals surface area (Å²) in [5.41, 5.74) is 7.73. The third-order valence-corrected chi connectivity index (χ3v) is 2.51. The minimum absolute atomic E-state index is 0.128. The van der Waals surface area contributed by atoms with Gasteiger partial charge in [0.2, 0.25) is 0 Å². The number of hydrogen-bond acceptors (Lipinski definition) is 2. The van der Waals surface area contributed by atoms with Crippen LogP contribution in [-0.2, 0) is 6.42 Å². The number of halogens is 1. The minimum atomic E-state index is 0.128. The van der Waals surface area contributed by atoms with Gasteiger partial charge in [0.25, 0.3) is 0 Å². The molecule has 1 aromatic carbocycles. The Balaban J connectivity index is 2.24. The van der Waals surface area contributed by atoms with Crippen molar-refractivity contribution in [3.8, 4) is 5.69 Å². The number of rotatable bonds is 3. The van der Waals surface area contributed by atoms with E-state index >= 15 is 0 Å². The molecule has 0 saturated carbocycles. The van der Waals surface area contributed by atoms with Crippen molar-refractivity contribution < 1.29 is 0 Å². The van der Waals surface area contributed by atoms with E-state index in [9.17, 15) is 0 Å². The molecule has 1 unspecified atom stereocenters. The normalized spacial score (nSPS) is 12.7. The van der Waals surface area contributed by atoms with Crippen molar-refractivity contribution in [2.45, 2.75) is 19.4 Å². The number of imidazole rings is 1. The molecule has 0 aliphatic heterocycles. The van der Waals surface area contributed by atoms with Crippen LogP contribution in [0.3, 0.4) is 0 Å². The fourth-order valence-corrected chi connectivity index (χ4v) is 1.76. The van der Waals surface area contributed by atoms with E-state index in [1.54, 1.807) is 6.33 Å². The van der Waals surface area contributed by atoms with Crippen LogP contribution in [0.2, 0.25) is 5.02 Å². The second kappa shape index (κ2) is 4.68. The molecule has 1 aromatic heterocycles. The van der Waals surface area contributed by atoms with Crippen LogP contribution < -0.4 is 5.73 Å². The summed E-state index contributed by atoms with van der Waals surface area (Å²) >= 11 is 5.93. The first kappa shape index (κ1) is 11.2. The molecule has 0 saturated heterocycles. The maximum atomic E-state index is 5.93. The van der Waals surface area contributed by atoms with Crippen molar-refractivity contribution in [3.05, 3.63) is 47.5 Å².